The van der Waals surface area contributed by atoms with E-state index >= 15 is 0 Å². The summed E-state index contributed by atoms with van der Waals surface area (Å²) in [4.78, 5) is 34.6. The molecule has 1 aliphatic carbocycles. The van der Waals surface area contributed by atoms with Crippen LogP contribution >= 0.6 is 0 Å². The number of H-pyrrole nitrogens is 1. The second-order valence-corrected chi connectivity index (χ2v) is 7.89. The Hall–Kier alpha value is -2.41. The summed E-state index contributed by atoms with van der Waals surface area (Å²) in [6.07, 6.45) is 4.06. The lowest BCUT2D eigenvalue weighted by Gasteiger charge is -2.35. The van der Waals surface area contributed by atoms with Crippen molar-refractivity contribution in [3.05, 3.63) is 29.6 Å². The third-order valence-electron chi connectivity index (χ3n) is 5.57. The molecule has 0 bridgehead atoms. The number of aromatic amines is 1. The normalized spacial score (nSPS) is 21.8. The number of imidazole rings is 1. The number of imide groups is 1. The Kier molecular flexibility index (Phi) is 4.86. The van der Waals surface area contributed by atoms with Crippen molar-refractivity contribution in [3.8, 4) is 0 Å². The number of hydrogen-bond donors (Lipinski definition) is 3. The minimum Gasteiger partial charge on any atom is -0.342 e. The minimum absolute atomic E-state index is 0.240. The monoisotopic (exact) mass is 369 g/mol. The molecule has 3 amide bonds. The van der Waals surface area contributed by atoms with E-state index in [0.717, 1.165) is 55.6 Å². The second-order valence-electron chi connectivity index (χ2n) is 7.89. The molecular weight excluding hydrogens is 342 g/mol. The number of nitrogens with zero attached hydrogens (tertiary/aromatic N) is 2. The van der Waals surface area contributed by atoms with Crippen molar-refractivity contribution in [2.24, 2.45) is 0 Å². The fourth-order valence-electron chi connectivity index (χ4n) is 3.75. The molecule has 7 heteroatoms. The molecule has 1 aromatic heterocycles. The molecule has 3 N–H and O–H groups in total. The number of aryl methyl sites for hydroxylation is 1. The van der Waals surface area contributed by atoms with Crippen LogP contribution in [0.1, 0.15) is 49.9 Å². The summed E-state index contributed by atoms with van der Waals surface area (Å²) in [5.41, 5.74) is 3.25. The topological polar surface area (TPSA) is 90.1 Å². The molecule has 1 aromatic carbocycles. The summed E-state index contributed by atoms with van der Waals surface area (Å²) in [6, 6.07) is 5.74. The number of amides is 3. The molecule has 27 heavy (non-hydrogen) atoms. The number of hydrogen-bond acceptors (Lipinski definition) is 4. The molecule has 2 atom stereocenters. The standard InChI is InChI=1S/C20H27N5O2/c1-12-5-8-16-17(10-12)23-18(22-16)14-4-3-9-25(11-14)13(2)19(26)24-20(27)21-15-6-7-15/h5,8,10,13-15H,3-4,6-7,9,11H2,1-2H3,(H,22,23)(H2,21,24,26,27)/t13-,14+/m0/s1. The summed E-state index contributed by atoms with van der Waals surface area (Å²) in [7, 11) is 0. The zero-order valence-corrected chi connectivity index (χ0v) is 15.9. The van der Waals surface area contributed by atoms with E-state index in [9.17, 15) is 9.59 Å². The Labute approximate surface area is 158 Å². The summed E-state index contributed by atoms with van der Waals surface area (Å²) in [6.45, 7) is 5.55. The van der Waals surface area contributed by atoms with Gasteiger partial charge in [-0.2, -0.15) is 0 Å². The van der Waals surface area contributed by atoms with E-state index in [1.807, 2.05) is 13.0 Å². The average molecular weight is 369 g/mol. The lowest BCUT2D eigenvalue weighted by atomic mass is 9.96. The maximum atomic E-state index is 12.4. The summed E-state index contributed by atoms with van der Waals surface area (Å²) in [5.74, 6) is 1.01. The van der Waals surface area contributed by atoms with E-state index in [2.05, 4.69) is 39.6 Å². The molecule has 2 fully saturated rings. The quantitative estimate of drug-likeness (QED) is 0.772. The first-order valence-electron chi connectivity index (χ1n) is 9.81. The Morgan fingerprint density at radius 3 is 2.89 bits per heavy atom. The van der Waals surface area contributed by atoms with Gasteiger partial charge in [0.15, 0.2) is 0 Å². The number of piperidine rings is 1. The third-order valence-corrected chi connectivity index (χ3v) is 5.57. The highest BCUT2D eigenvalue weighted by atomic mass is 16.2. The van der Waals surface area contributed by atoms with Gasteiger partial charge in [0.25, 0.3) is 0 Å². The first-order chi connectivity index (χ1) is 13.0. The molecule has 2 heterocycles. The molecule has 1 saturated carbocycles. The van der Waals surface area contributed by atoms with Crippen LogP contribution < -0.4 is 10.6 Å². The van der Waals surface area contributed by atoms with Crippen LogP contribution in [0.15, 0.2) is 18.2 Å². The molecule has 4 rings (SSSR count). The fraction of sp³-hybridized carbons (Fsp3) is 0.550. The Morgan fingerprint density at radius 1 is 1.30 bits per heavy atom. The molecule has 1 saturated heterocycles. The van der Waals surface area contributed by atoms with Crippen molar-refractivity contribution in [1.29, 1.82) is 0 Å². The van der Waals surface area contributed by atoms with Crippen molar-refractivity contribution in [2.45, 2.75) is 57.5 Å². The van der Waals surface area contributed by atoms with Gasteiger partial charge in [-0.25, -0.2) is 9.78 Å². The number of fused-ring (bicyclic) bond motifs is 1. The Bertz CT molecular complexity index is 857. The molecule has 144 valence electrons. The number of benzene rings is 1. The van der Waals surface area contributed by atoms with Gasteiger partial charge in [0.1, 0.15) is 5.82 Å². The fourth-order valence-corrected chi connectivity index (χ4v) is 3.75. The van der Waals surface area contributed by atoms with E-state index in [1.54, 1.807) is 0 Å². The maximum Gasteiger partial charge on any atom is 0.321 e. The van der Waals surface area contributed by atoms with Crippen molar-refractivity contribution in [1.82, 2.24) is 25.5 Å². The van der Waals surface area contributed by atoms with E-state index in [4.69, 9.17) is 4.98 Å². The SMILES string of the molecule is Cc1ccc2nc([C@@H]3CCCN([C@@H](C)C(=O)NC(=O)NC4CC4)C3)[nH]c2c1. The summed E-state index contributed by atoms with van der Waals surface area (Å²) < 4.78 is 0. The Morgan fingerprint density at radius 2 is 2.11 bits per heavy atom. The van der Waals surface area contributed by atoms with Gasteiger partial charge < -0.3 is 10.3 Å². The molecule has 1 aliphatic heterocycles. The van der Waals surface area contributed by atoms with Crippen LogP contribution in [0, 0.1) is 6.92 Å². The molecule has 0 spiro atoms. The molecule has 2 aliphatic rings. The van der Waals surface area contributed by atoms with Crippen LogP contribution in [-0.2, 0) is 4.79 Å². The van der Waals surface area contributed by atoms with Crippen molar-refractivity contribution in [2.75, 3.05) is 13.1 Å². The van der Waals surface area contributed by atoms with Crippen molar-refractivity contribution < 1.29 is 9.59 Å². The van der Waals surface area contributed by atoms with Gasteiger partial charge in [-0.05, 0) is 63.8 Å². The largest absolute Gasteiger partial charge is 0.342 e. The van der Waals surface area contributed by atoms with Crippen LogP contribution in [0.2, 0.25) is 0 Å². The Balaban J connectivity index is 1.40. The van der Waals surface area contributed by atoms with Gasteiger partial charge >= 0.3 is 6.03 Å². The van der Waals surface area contributed by atoms with E-state index in [1.165, 1.54) is 5.56 Å². The molecule has 7 nitrogen and oxygen atoms in total. The van der Waals surface area contributed by atoms with Crippen LogP contribution in [0.5, 0.6) is 0 Å². The second kappa shape index (κ2) is 7.31. The first kappa shape index (κ1) is 18.0. The molecule has 0 unspecified atom stereocenters. The third kappa shape index (κ3) is 4.13. The highest BCUT2D eigenvalue weighted by Gasteiger charge is 2.31. The van der Waals surface area contributed by atoms with E-state index in [-0.39, 0.29) is 29.9 Å². The maximum absolute atomic E-state index is 12.4. The lowest BCUT2D eigenvalue weighted by molar-refractivity contribution is -0.125. The van der Waals surface area contributed by atoms with Crippen LogP contribution in [0.25, 0.3) is 11.0 Å². The lowest BCUT2D eigenvalue weighted by Crippen LogP contribution is -2.52. The van der Waals surface area contributed by atoms with Gasteiger partial charge in [-0.3, -0.25) is 15.0 Å². The van der Waals surface area contributed by atoms with Gasteiger partial charge in [0.2, 0.25) is 5.91 Å². The number of urea groups is 1. The van der Waals surface area contributed by atoms with Crippen molar-refractivity contribution in [3.63, 3.8) is 0 Å². The molecule has 0 radical (unpaired) electrons. The smallest absolute Gasteiger partial charge is 0.321 e. The van der Waals surface area contributed by atoms with Gasteiger partial charge in [-0.1, -0.05) is 6.07 Å². The number of carbonyl (C=O) groups is 2. The zero-order valence-electron chi connectivity index (χ0n) is 15.9. The van der Waals surface area contributed by atoms with Gasteiger partial charge in [-0.15, -0.1) is 0 Å². The number of carbonyl (C=O) groups excluding carboxylic acids is 2. The highest BCUT2D eigenvalue weighted by molar-refractivity contribution is 5.97. The van der Waals surface area contributed by atoms with Crippen LogP contribution in [0.3, 0.4) is 0 Å². The average Bonchev–Trinajstić information content (AvgIpc) is 3.36. The van der Waals surface area contributed by atoms with Gasteiger partial charge in [0.05, 0.1) is 17.1 Å². The van der Waals surface area contributed by atoms with Gasteiger partial charge in [0, 0.05) is 18.5 Å². The number of rotatable bonds is 4. The van der Waals surface area contributed by atoms with Crippen LogP contribution in [0.4, 0.5) is 4.79 Å². The van der Waals surface area contributed by atoms with Crippen LogP contribution in [-0.4, -0.2) is 52.0 Å². The first-order valence-corrected chi connectivity index (χ1v) is 9.81. The zero-order chi connectivity index (χ0) is 19.0. The van der Waals surface area contributed by atoms with E-state index < -0.39 is 0 Å². The molecule has 2 aromatic rings. The highest BCUT2D eigenvalue weighted by Crippen LogP contribution is 2.28. The number of aromatic nitrogens is 2. The molecular formula is C20H27N5O2. The van der Waals surface area contributed by atoms with E-state index in [0.29, 0.717) is 0 Å². The number of nitrogens with one attached hydrogen (secondary N) is 3. The number of likely N-dealkylation sites (tertiary alicyclic amines) is 1. The predicted octanol–water partition coefficient (Wildman–Crippen LogP) is 2.43. The minimum atomic E-state index is -0.379. The van der Waals surface area contributed by atoms with Crippen molar-refractivity contribution >= 4 is 23.0 Å². The summed E-state index contributed by atoms with van der Waals surface area (Å²) in [5, 5.41) is 5.27. The summed E-state index contributed by atoms with van der Waals surface area (Å²) >= 11 is 0. The predicted molar refractivity (Wildman–Crippen MR) is 104 cm³/mol.